The van der Waals surface area contributed by atoms with Gasteiger partial charge in [-0.15, -0.1) is 12.4 Å². The number of amides is 2. The number of likely N-dealkylation sites (tertiary alicyclic amines) is 1. The minimum absolute atomic E-state index is 0. The van der Waals surface area contributed by atoms with E-state index in [1.54, 1.807) is 0 Å². The third-order valence-electron chi connectivity index (χ3n) is 5.88. The zero-order valence-corrected chi connectivity index (χ0v) is 17.2. The standard InChI is InChI=1S/C20H37N3O2.ClH/c1-2-7-17(14-16-8-4-3-5-9-16)20(25)23-13-6-10-18(15-23)19(24)22-12-11-21;/h16-18H,2-15,21H2,1H3,(H,22,24);1H. The largest absolute Gasteiger partial charge is 0.355 e. The molecule has 1 heterocycles. The summed E-state index contributed by atoms with van der Waals surface area (Å²) in [6, 6.07) is 0. The number of hydrogen-bond acceptors (Lipinski definition) is 3. The zero-order valence-electron chi connectivity index (χ0n) is 16.4. The maximum absolute atomic E-state index is 13.1. The molecule has 2 amide bonds. The molecule has 2 fully saturated rings. The van der Waals surface area contributed by atoms with Gasteiger partial charge in [-0.2, -0.15) is 0 Å². The third kappa shape index (κ3) is 7.07. The lowest BCUT2D eigenvalue weighted by atomic mass is 9.81. The molecule has 1 aliphatic heterocycles. The smallest absolute Gasteiger partial charge is 0.225 e. The first-order chi connectivity index (χ1) is 12.2. The van der Waals surface area contributed by atoms with E-state index in [0.29, 0.717) is 25.5 Å². The van der Waals surface area contributed by atoms with Crippen LogP contribution in [-0.4, -0.2) is 42.9 Å². The molecule has 1 saturated heterocycles. The molecule has 2 unspecified atom stereocenters. The summed E-state index contributed by atoms with van der Waals surface area (Å²) in [5, 5.41) is 2.88. The maximum Gasteiger partial charge on any atom is 0.225 e. The third-order valence-corrected chi connectivity index (χ3v) is 5.88. The molecular weight excluding hydrogens is 350 g/mol. The van der Waals surface area contributed by atoms with Gasteiger partial charge in [0.05, 0.1) is 5.92 Å². The van der Waals surface area contributed by atoms with Crippen molar-refractivity contribution in [3.05, 3.63) is 0 Å². The van der Waals surface area contributed by atoms with Crippen molar-refractivity contribution >= 4 is 24.2 Å². The second-order valence-corrected chi connectivity index (χ2v) is 7.93. The quantitative estimate of drug-likeness (QED) is 0.671. The lowest BCUT2D eigenvalue weighted by molar-refractivity contribution is -0.140. The Morgan fingerprint density at radius 1 is 1.15 bits per heavy atom. The molecule has 2 rings (SSSR count). The number of nitrogens with zero attached hydrogens (tertiary/aromatic N) is 1. The van der Waals surface area contributed by atoms with Crippen LogP contribution < -0.4 is 11.1 Å². The van der Waals surface area contributed by atoms with Crippen LogP contribution in [0.5, 0.6) is 0 Å². The Morgan fingerprint density at radius 2 is 1.88 bits per heavy atom. The van der Waals surface area contributed by atoms with E-state index in [2.05, 4.69) is 12.2 Å². The topological polar surface area (TPSA) is 75.4 Å². The van der Waals surface area contributed by atoms with Crippen molar-refractivity contribution in [2.45, 2.75) is 71.1 Å². The summed E-state index contributed by atoms with van der Waals surface area (Å²) in [5.41, 5.74) is 5.46. The number of nitrogens with one attached hydrogen (secondary N) is 1. The van der Waals surface area contributed by atoms with E-state index < -0.39 is 0 Å². The van der Waals surface area contributed by atoms with E-state index in [1.165, 1.54) is 32.1 Å². The zero-order chi connectivity index (χ0) is 18.1. The van der Waals surface area contributed by atoms with Gasteiger partial charge in [-0.3, -0.25) is 9.59 Å². The molecule has 0 aromatic heterocycles. The Labute approximate surface area is 165 Å². The molecule has 26 heavy (non-hydrogen) atoms. The predicted molar refractivity (Wildman–Crippen MR) is 108 cm³/mol. The van der Waals surface area contributed by atoms with Crippen LogP contribution in [0.25, 0.3) is 0 Å². The van der Waals surface area contributed by atoms with Crippen molar-refractivity contribution in [1.29, 1.82) is 0 Å². The van der Waals surface area contributed by atoms with Crippen LogP contribution in [0.3, 0.4) is 0 Å². The van der Waals surface area contributed by atoms with Crippen molar-refractivity contribution in [2.75, 3.05) is 26.2 Å². The number of nitrogens with two attached hydrogens (primary N) is 1. The maximum atomic E-state index is 13.1. The van der Waals surface area contributed by atoms with E-state index in [4.69, 9.17) is 5.73 Å². The van der Waals surface area contributed by atoms with Crippen LogP contribution in [0.15, 0.2) is 0 Å². The molecule has 0 spiro atoms. The fourth-order valence-electron chi connectivity index (χ4n) is 4.51. The first kappa shape index (κ1) is 23.2. The van der Waals surface area contributed by atoms with Gasteiger partial charge in [-0.05, 0) is 31.6 Å². The fraction of sp³-hybridized carbons (Fsp3) is 0.900. The molecule has 5 nitrogen and oxygen atoms in total. The number of rotatable bonds is 8. The van der Waals surface area contributed by atoms with Gasteiger partial charge in [-0.25, -0.2) is 0 Å². The van der Waals surface area contributed by atoms with Gasteiger partial charge in [0.25, 0.3) is 0 Å². The van der Waals surface area contributed by atoms with Gasteiger partial charge in [0.1, 0.15) is 0 Å². The Hall–Kier alpha value is -0.810. The number of hydrogen-bond donors (Lipinski definition) is 2. The summed E-state index contributed by atoms with van der Waals surface area (Å²) >= 11 is 0. The predicted octanol–water partition coefficient (Wildman–Crippen LogP) is 3.11. The molecule has 152 valence electrons. The molecular formula is C20H38ClN3O2. The Balaban J connectivity index is 0.00000338. The van der Waals surface area contributed by atoms with Crippen molar-refractivity contribution in [3.63, 3.8) is 0 Å². The molecule has 0 bridgehead atoms. The monoisotopic (exact) mass is 387 g/mol. The summed E-state index contributed by atoms with van der Waals surface area (Å²) in [7, 11) is 0. The van der Waals surface area contributed by atoms with Crippen molar-refractivity contribution in [3.8, 4) is 0 Å². The normalized spacial score (nSPS) is 22.4. The van der Waals surface area contributed by atoms with E-state index in [0.717, 1.165) is 44.6 Å². The van der Waals surface area contributed by atoms with Crippen LogP contribution in [0.1, 0.15) is 71.1 Å². The van der Waals surface area contributed by atoms with Crippen LogP contribution in [0.2, 0.25) is 0 Å². The molecule has 3 N–H and O–H groups in total. The van der Waals surface area contributed by atoms with Crippen LogP contribution >= 0.6 is 12.4 Å². The van der Waals surface area contributed by atoms with Gasteiger partial charge >= 0.3 is 0 Å². The van der Waals surface area contributed by atoms with Crippen LogP contribution in [0.4, 0.5) is 0 Å². The highest BCUT2D eigenvalue weighted by Gasteiger charge is 2.32. The molecule has 0 aromatic carbocycles. The second kappa shape index (κ2) is 12.6. The van der Waals surface area contributed by atoms with Crippen molar-refractivity contribution < 1.29 is 9.59 Å². The number of halogens is 1. The first-order valence-corrected chi connectivity index (χ1v) is 10.4. The van der Waals surface area contributed by atoms with Gasteiger partial charge in [-0.1, -0.05) is 45.4 Å². The highest BCUT2D eigenvalue weighted by Crippen LogP contribution is 2.32. The summed E-state index contributed by atoms with van der Waals surface area (Å²) in [5.74, 6) is 1.16. The molecule has 2 atom stereocenters. The van der Waals surface area contributed by atoms with Gasteiger partial charge < -0.3 is 16.0 Å². The lowest BCUT2D eigenvalue weighted by Crippen LogP contribution is -2.48. The van der Waals surface area contributed by atoms with Crippen molar-refractivity contribution in [2.24, 2.45) is 23.5 Å². The molecule has 1 aliphatic carbocycles. The van der Waals surface area contributed by atoms with Crippen LogP contribution in [-0.2, 0) is 9.59 Å². The fourth-order valence-corrected chi connectivity index (χ4v) is 4.51. The minimum Gasteiger partial charge on any atom is -0.355 e. The Kier molecular flexibility index (Phi) is 11.2. The highest BCUT2D eigenvalue weighted by molar-refractivity contribution is 5.85. The molecule has 0 radical (unpaired) electrons. The molecule has 6 heteroatoms. The number of carbonyl (C=O) groups is 2. The molecule has 2 aliphatic rings. The van der Waals surface area contributed by atoms with E-state index in [9.17, 15) is 9.59 Å². The van der Waals surface area contributed by atoms with Gasteiger partial charge in [0.2, 0.25) is 11.8 Å². The first-order valence-electron chi connectivity index (χ1n) is 10.4. The second-order valence-electron chi connectivity index (χ2n) is 7.93. The van der Waals surface area contributed by atoms with E-state index >= 15 is 0 Å². The van der Waals surface area contributed by atoms with Crippen LogP contribution in [0, 0.1) is 17.8 Å². The average Bonchev–Trinajstić information content (AvgIpc) is 2.66. The van der Waals surface area contributed by atoms with E-state index in [1.807, 2.05) is 4.90 Å². The Bertz CT molecular complexity index is 427. The highest BCUT2D eigenvalue weighted by atomic mass is 35.5. The number of piperidine rings is 1. The average molecular weight is 388 g/mol. The van der Waals surface area contributed by atoms with E-state index in [-0.39, 0.29) is 30.2 Å². The minimum atomic E-state index is -0.0683. The summed E-state index contributed by atoms with van der Waals surface area (Å²) in [6.45, 7) is 4.54. The molecule has 0 aromatic rings. The molecule has 1 saturated carbocycles. The SMILES string of the molecule is CCCC(CC1CCCCC1)C(=O)N1CCCC(C(=O)NCCN)C1.Cl. The Morgan fingerprint density at radius 3 is 2.54 bits per heavy atom. The van der Waals surface area contributed by atoms with Gasteiger partial charge in [0.15, 0.2) is 0 Å². The lowest BCUT2D eigenvalue weighted by Gasteiger charge is -2.35. The summed E-state index contributed by atoms with van der Waals surface area (Å²) < 4.78 is 0. The van der Waals surface area contributed by atoms with Gasteiger partial charge in [0, 0.05) is 32.1 Å². The summed E-state index contributed by atoms with van der Waals surface area (Å²) in [4.78, 5) is 27.3. The van der Waals surface area contributed by atoms with Crippen molar-refractivity contribution in [1.82, 2.24) is 10.2 Å². The number of carbonyl (C=O) groups excluding carboxylic acids is 2. The summed E-state index contributed by atoms with van der Waals surface area (Å²) in [6.07, 6.45) is 11.5.